The van der Waals surface area contributed by atoms with Crippen LogP contribution in [0.25, 0.3) is 0 Å². The molecule has 0 bridgehead atoms. The molecule has 0 saturated heterocycles. The summed E-state index contributed by atoms with van der Waals surface area (Å²) in [6.07, 6.45) is 1.25. The molecule has 1 atom stereocenters. The Morgan fingerprint density at radius 3 is 2.47 bits per heavy atom. The summed E-state index contributed by atoms with van der Waals surface area (Å²) in [6, 6.07) is 0. The highest BCUT2D eigenvalue weighted by atomic mass is 17.5. The molecule has 0 aliphatic carbocycles. The number of carbonyl (C=O) groups is 2. The van der Waals surface area contributed by atoms with Crippen LogP contribution in [0, 0.1) is 0 Å². The summed E-state index contributed by atoms with van der Waals surface area (Å²) in [5, 5.41) is 13.5. The van der Waals surface area contributed by atoms with E-state index in [4.69, 9.17) is 4.74 Å². The average Bonchev–Trinajstić information content (AvgIpc) is 2.16. The van der Waals surface area contributed by atoms with Gasteiger partial charge in [-0.3, -0.25) is 9.78 Å². The molecule has 0 spiro atoms. The van der Waals surface area contributed by atoms with Crippen LogP contribution in [0.3, 0.4) is 0 Å². The maximum Gasteiger partial charge on any atom is 0.352 e. The summed E-state index contributed by atoms with van der Waals surface area (Å²) >= 11 is 0. The summed E-state index contributed by atoms with van der Waals surface area (Å²) in [7, 11) is 0. The highest BCUT2D eigenvalue weighted by Gasteiger charge is 2.27. The van der Waals surface area contributed by atoms with Crippen molar-refractivity contribution < 1.29 is 34.2 Å². The van der Waals surface area contributed by atoms with Gasteiger partial charge < -0.3 is 9.84 Å². The van der Waals surface area contributed by atoms with Crippen LogP contribution in [0.1, 0.15) is 40.0 Å². The number of rotatable bonds is 8. The third-order valence-corrected chi connectivity index (χ3v) is 1.66. The Labute approximate surface area is 99.5 Å². The van der Waals surface area contributed by atoms with E-state index in [1.54, 1.807) is 0 Å². The van der Waals surface area contributed by atoms with Crippen LogP contribution >= 0.6 is 0 Å². The van der Waals surface area contributed by atoms with Crippen LogP contribution in [-0.4, -0.2) is 29.4 Å². The van der Waals surface area contributed by atoms with Gasteiger partial charge in [0.2, 0.25) is 0 Å². The minimum atomic E-state index is -1.63. The molecule has 0 rings (SSSR count). The van der Waals surface area contributed by atoms with Gasteiger partial charge in [0.15, 0.2) is 5.79 Å². The number of carbonyl (C=O) groups excluding carboxylic acids is 2. The van der Waals surface area contributed by atoms with Crippen molar-refractivity contribution in [2.45, 2.75) is 45.8 Å². The second kappa shape index (κ2) is 7.99. The molecular formula is C10H18O7. The van der Waals surface area contributed by atoms with E-state index < -0.39 is 24.1 Å². The highest BCUT2D eigenvalue weighted by molar-refractivity contribution is 5.69. The van der Waals surface area contributed by atoms with E-state index in [0.29, 0.717) is 6.61 Å². The van der Waals surface area contributed by atoms with Crippen molar-refractivity contribution in [3.63, 3.8) is 0 Å². The van der Waals surface area contributed by atoms with E-state index in [-0.39, 0.29) is 0 Å². The Kier molecular flexibility index (Phi) is 7.44. The van der Waals surface area contributed by atoms with Gasteiger partial charge in [-0.2, -0.15) is 0 Å². The lowest BCUT2D eigenvalue weighted by molar-refractivity contribution is -0.459. The van der Waals surface area contributed by atoms with Crippen molar-refractivity contribution in [1.82, 2.24) is 0 Å². The van der Waals surface area contributed by atoms with Gasteiger partial charge in [0, 0.05) is 12.0 Å². The monoisotopic (exact) mass is 250 g/mol. The van der Waals surface area contributed by atoms with Gasteiger partial charge in [-0.05, 0) is 13.3 Å². The van der Waals surface area contributed by atoms with E-state index >= 15 is 0 Å². The topological polar surface area (TPSA) is 91.3 Å². The van der Waals surface area contributed by atoms with Crippen molar-refractivity contribution in [2.24, 2.45) is 0 Å². The predicted octanol–water partition coefficient (Wildman–Crippen LogP) is 0.855. The van der Waals surface area contributed by atoms with Crippen LogP contribution in [0.5, 0.6) is 0 Å². The Morgan fingerprint density at radius 1 is 1.29 bits per heavy atom. The third-order valence-electron chi connectivity index (χ3n) is 1.66. The lowest BCUT2D eigenvalue weighted by atomic mass is 10.2. The van der Waals surface area contributed by atoms with E-state index in [2.05, 4.69) is 14.8 Å². The molecule has 0 aromatic rings. The molecule has 0 radical (unpaired) electrons. The number of hydrogen-bond donors (Lipinski definition) is 1. The molecule has 1 unspecified atom stereocenters. The molecule has 0 heterocycles. The van der Waals surface area contributed by atoms with Crippen LogP contribution in [0.15, 0.2) is 0 Å². The number of unbranched alkanes of at least 4 members (excludes halogenated alkanes) is 1. The second-order valence-electron chi connectivity index (χ2n) is 3.65. The van der Waals surface area contributed by atoms with Crippen LogP contribution in [-0.2, 0) is 29.1 Å². The van der Waals surface area contributed by atoms with Crippen LogP contribution in [0.4, 0.5) is 0 Å². The third kappa shape index (κ3) is 9.73. The molecule has 0 aliphatic rings. The van der Waals surface area contributed by atoms with Crippen molar-refractivity contribution in [2.75, 3.05) is 6.61 Å². The maximum absolute atomic E-state index is 11.1. The number of hydrogen-bond acceptors (Lipinski definition) is 7. The molecule has 0 saturated carbocycles. The number of ether oxygens (including phenoxy) is 1. The van der Waals surface area contributed by atoms with E-state index in [9.17, 15) is 14.7 Å². The van der Waals surface area contributed by atoms with Crippen molar-refractivity contribution in [3.8, 4) is 0 Å². The van der Waals surface area contributed by atoms with E-state index in [0.717, 1.165) is 19.8 Å². The standard InChI is InChI=1S/C10H18O7/c1-4-5-6-14-10(3,13)7-9(12)16-17-15-8(2)11/h13H,4-7H2,1-3H3. The summed E-state index contributed by atoms with van der Waals surface area (Å²) in [5.41, 5.74) is 0. The zero-order chi connectivity index (χ0) is 13.3. The molecule has 17 heavy (non-hydrogen) atoms. The minimum Gasteiger partial charge on any atom is -0.365 e. The zero-order valence-electron chi connectivity index (χ0n) is 10.2. The first-order valence-electron chi connectivity index (χ1n) is 5.28. The first-order valence-corrected chi connectivity index (χ1v) is 5.28. The molecule has 7 nitrogen and oxygen atoms in total. The van der Waals surface area contributed by atoms with Gasteiger partial charge in [-0.15, -0.1) is 0 Å². The second-order valence-corrected chi connectivity index (χ2v) is 3.65. The van der Waals surface area contributed by atoms with Crippen molar-refractivity contribution in [3.05, 3.63) is 0 Å². The summed E-state index contributed by atoms with van der Waals surface area (Å²) < 4.78 is 5.06. The summed E-state index contributed by atoms with van der Waals surface area (Å²) in [5.74, 6) is -3.30. The molecule has 7 heteroatoms. The molecule has 0 aromatic carbocycles. The van der Waals surface area contributed by atoms with Gasteiger partial charge in [-0.25, -0.2) is 9.59 Å². The maximum atomic E-state index is 11.1. The Balaban J connectivity index is 3.79. The first-order chi connectivity index (χ1) is 7.87. The fraction of sp³-hybridized carbons (Fsp3) is 0.800. The SMILES string of the molecule is CCCCOC(C)(O)CC(=O)OOOC(C)=O. The predicted molar refractivity (Wildman–Crippen MR) is 55.0 cm³/mol. The number of aliphatic hydroxyl groups is 1. The molecule has 100 valence electrons. The first kappa shape index (κ1) is 15.8. The largest absolute Gasteiger partial charge is 0.365 e. The normalized spacial score (nSPS) is 13.9. The van der Waals surface area contributed by atoms with Crippen LogP contribution in [0.2, 0.25) is 0 Å². The summed E-state index contributed by atoms with van der Waals surface area (Å²) in [6.45, 7) is 4.72. The molecular weight excluding hydrogens is 232 g/mol. The fourth-order valence-corrected chi connectivity index (χ4v) is 0.888. The Bertz CT molecular complexity index is 249. The molecule has 0 aromatic heterocycles. The van der Waals surface area contributed by atoms with Gasteiger partial charge in [0.25, 0.3) is 0 Å². The van der Waals surface area contributed by atoms with Gasteiger partial charge in [0.05, 0.1) is 6.61 Å². The van der Waals surface area contributed by atoms with Crippen LogP contribution < -0.4 is 0 Å². The molecule has 0 amide bonds. The van der Waals surface area contributed by atoms with Gasteiger partial charge in [-0.1, -0.05) is 13.3 Å². The van der Waals surface area contributed by atoms with Crippen molar-refractivity contribution >= 4 is 11.9 Å². The zero-order valence-corrected chi connectivity index (χ0v) is 10.2. The molecule has 0 aliphatic heterocycles. The summed E-state index contributed by atoms with van der Waals surface area (Å²) in [4.78, 5) is 29.4. The molecule has 1 N–H and O–H groups in total. The fourth-order valence-electron chi connectivity index (χ4n) is 0.888. The quantitative estimate of drug-likeness (QED) is 0.295. The average molecular weight is 250 g/mol. The Morgan fingerprint density at radius 2 is 1.94 bits per heavy atom. The van der Waals surface area contributed by atoms with Gasteiger partial charge in [0.1, 0.15) is 6.42 Å². The van der Waals surface area contributed by atoms with E-state index in [1.807, 2.05) is 6.92 Å². The minimum absolute atomic E-state index is 0.335. The highest BCUT2D eigenvalue weighted by Crippen LogP contribution is 2.13. The lowest BCUT2D eigenvalue weighted by Gasteiger charge is -2.21. The molecule has 0 fully saturated rings. The smallest absolute Gasteiger partial charge is 0.352 e. The van der Waals surface area contributed by atoms with Crippen molar-refractivity contribution in [1.29, 1.82) is 0 Å². The van der Waals surface area contributed by atoms with E-state index in [1.165, 1.54) is 6.92 Å². The Hall–Kier alpha value is -1.18. The van der Waals surface area contributed by atoms with Gasteiger partial charge >= 0.3 is 11.9 Å². The lowest BCUT2D eigenvalue weighted by Crippen LogP contribution is -2.32.